The Labute approximate surface area is 145 Å². The van der Waals surface area contributed by atoms with Crippen LogP contribution < -0.4 is 5.56 Å². The Kier molecular flexibility index (Phi) is 5.16. The van der Waals surface area contributed by atoms with Gasteiger partial charge in [-0.2, -0.15) is 0 Å². The highest BCUT2D eigenvalue weighted by molar-refractivity contribution is 5.96. The van der Waals surface area contributed by atoms with Crippen LogP contribution in [0.3, 0.4) is 0 Å². The molecule has 0 radical (unpaired) electrons. The zero-order chi connectivity index (χ0) is 17.8. The molecule has 3 rings (SSSR count). The molecule has 1 aliphatic heterocycles. The minimum absolute atomic E-state index is 0.124. The summed E-state index contributed by atoms with van der Waals surface area (Å²) >= 11 is 0. The molecule has 1 aromatic heterocycles. The van der Waals surface area contributed by atoms with E-state index in [9.17, 15) is 19.1 Å². The highest BCUT2D eigenvalue weighted by atomic mass is 19.1. The first-order valence-corrected chi connectivity index (χ1v) is 8.48. The lowest BCUT2D eigenvalue weighted by atomic mass is 9.91. The zero-order valence-corrected chi connectivity index (χ0v) is 13.9. The van der Waals surface area contributed by atoms with Gasteiger partial charge in [-0.05, 0) is 49.3 Å². The first-order valence-electron chi connectivity index (χ1n) is 8.48. The molecule has 0 bridgehead atoms. The Bertz CT molecular complexity index is 801. The fourth-order valence-electron chi connectivity index (χ4n) is 3.31. The largest absolute Gasteiger partial charge is 0.507 e. The number of amides is 1. The molecule has 1 saturated heterocycles. The number of benzene rings is 1. The van der Waals surface area contributed by atoms with Crippen LogP contribution in [0.2, 0.25) is 0 Å². The summed E-state index contributed by atoms with van der Waals surface area (Å²) < 4.78 is 13.0. The highest BCUT2D eigenvalue weighted by Crippen LogP contribution is 2.24. The van der Waals surface area contributed by atoms with Crippen molar-refractivity contribution in [3.05, 3.63) is 63.8 Å². The molecule has 1 atom stereocenters. The Hall–Kier alpha value is -2.63. The van der Waals surface area contributed by atoms with Crippen LogP contribution in [0.4, 0.5) is 4.39 Å². The van der Waals surface area contributed by atoms with E-state index in [2.05, 4.69) is 4.98 Å². The number of halogens is 1. The average Bonchev–Trinajstić information content (AvgIpc) is 2.61. The first kappa shape index (κ1) is 17.2. The number of carbonyl (C=O) groups excluding carboxylic acids is 1. The number of pyridine rings is 1. The second-order valence-electron chi connectivity index (χ2n) is 6.52. The summed E-state index contributed by atoms with van der Waals surface area (Å²) in [7, 11) is 0. The van der Waals surface area contributed by atoms with Crippen molar-refractivity contribution in [3.63, 3.8) is 0 Å². The van der Waals surface area contributed by atoms with Crippen LogP contribution in [0.5, 0.6) is 5.75 Å². The molecule has 0 spiro atoms. The molecule has 1 amide bonds. The topological polar surface area (TPSA) is 73.4 Å². The molecule has 132 valence electrons. The van der Waals surface area contributed by atoms with Crippen LogP contribution in [0, 0.1) is 11.7 Å². The number of hydrogen-bond acceptors (Lipinski definition) is 3. The number of aromatic amines is 1. The lowest BCUT2D eigenvalue weighted by molar-refractivity contribution is 0.0665. The fraction of sp³-hybridized carbons (Fsp3) is 0.368. The van der Waals surface area contributed by atoms with Gasteiger partial charge in [0.15, 0.2) is 0 Å². The van der Waals surface area contributed by atoms with Crippen LogP contribution in [0.25, 0.3) is 0 Å². The number of nitrogens with one attached hydrogen (secondary N) is 1. The van der Waals surface area contributed by atoms with E-state index < -0.39 is 5.56 Å². The lowest BCUT2D eigenvalue weighted by Crippen LogP contribution is -2.40. The van der Waals surface area contributed by atoms with E-state index in [-0.39, 0.29) is 23.0 Å². The van der Waals surface area contributed by atoms with Crippen molar-refractivity contribution in [3.8, 4) is 5.75 Å². The number of piperidine rings is 1. The third-order valence-corrected chi connectivity index (χ3v) is 4.69. The average molecular weight is 344 g/mol. The van der Waals surface area contributed by atoms with E-state index >= 15 is 0 Å². The molecule has 0 unspecified atom stereocenters. The van der Waals surface area contributed by atoms with Gasteiger partial charge in [0.25, 0.3) is 11.5 Å². The minimum atomic E-state index is -0.440. The van der Waals surface area contributed by atoms with E-state index in [1.807, 2.05) is 0 Å². The number of aromatic nitrogens is 1. The molecule has 0 aliphatic carbocycles. The van der Waals surface area contributed by atoms with Gasteiger partial charge in [0.1, 0.15) is 11.6 Å². The summed E-state index contributed by atoms with van der Waals surface area (Å²) in [6, 6.07) is 7.53. The van der Waals surface area contributed by atoms with Gasteiger partial charge in [0, 0.05) is 25.4 Å². The summed E-state index contributed by atoms with van der Waals surface area (Å²) in [4.78, 5) is 27.9. The maximum absolute atomic E-state index is 13.0. The van der Waals surface area contributed by atoms with E-state index in [1.165, 1.54) is 18.3 Å². The molecule has 0 saturated carbocycles. The third kappa shape index (κ3) is 4.26. The summed E-state index contributed by atoms with van der Waals surface area (Å²) in [5.41, 5.74) is 0.770. The van der Waals surface area contributed by atoms with Crippen LogP contribution in [-0.2, 0) is 6.42 Å². The lowest BCUT2D eigenvalue weighted by Gasteiger charge is -2.33. The molecule has 2 aromatic rings. The maximum atomic E-state index is 13.0. The van der Waals surface area contributed by atoms with Crippen molar-refractivity contribution >= 4 is 5.91 Å². The number of H-pyrrole nitrogens is 1. The number of hydrogen-bond donors (Lipinski definition) is 2. The van der Waals surface area contributed by atoms with Crippen molar-refractivity contribution in [2.24, 2.45) is 5.92 Å². The van der Waals surface area contributed by atoms with Crippen LogP contribution >= 0.6 is 0 Å². The predicted molar refractivity (Wildman–Crippen MR) is 92.1 cm³/mol. The van der Waals surface area contributed by atoms with Crippen molar-refractivity contribution in [2.75, 3.05) is 13.1 Å². The van der Waals surface area contributed by atoms with Crippen molar-refractivity contribution in [2.45, 2.75) is 25.7 Å². The number of nitrogens with zero attached hydrogens (tertiary/aromatic N) is 1. The first-order chi connectivity index (χ1) is 12.0. The van der Waals surface area contributed by atoms with Crippen molar-refractivity contribution in [1.29, 1.82) is 0 Å². The van der Waals surface area contributed by atoms with Gasteiger partial charge in [-0.1, -0.05) is 12.1 Å². The summed E-state index contributed by atoms with van der Waals surface area (Å²) in [5, 5.41) is 9.83. The number of rotatable bonds is 4. The number of likely N-dealkylation sites (tertiary alicyclic amines) is 1. The van der Waals surface area contributed by atoms with Gasteiger partial charge in [0.05, 0.1) is 5.56 Å². The van der Waals surface area contributed by atoms with Gasteiger partial charge < -0.3 is 15.0 Å². The van der Waals surface area contributed by atoms with Crippen molar-refractivity contribution in [1.82, 2.24) is 9.88 Å². The summed E-state index contributed by atoms with van der Waals surface area (Å²) in [6.07, 6.45) is 4.98. The van der Waals surface area contributed by atoms with E-state index in [0.717, 1.165) is 37.3 Å². The number of aromatic hydroxyl groups is 1. The molecule has 1 fully saturated rings. The zero-order valence-electron chi connectivity index (χ0n) is 13.9. The van der Waals surface area contributed by atoms with E-state index in [1.54, 1.807) is 17.0 Å². The van der Waals surface area contributed by atoms with Crippen LogP contribution in [0.1, 0.15) is 35.2 Å². The van der Waals surface area contributed by atoms with Gasteiger partial charge >= 0.3 is 0 Å². The van der Waals surface area contributed by atoms with Crippen molar-refractivity contribution < 1.29 is 14.3 Å². The molecule has 25 heavy (non-hydrogen) atoms. The molecule has 1 aliphatic rings. The quantitative estimate of drug-likeness (QED) is 0.896. The molecule has 1 aromatic carbocycles. The molecule has 2 N–H and O–H groups in total. The van der Waals surface area contributed by atoms with Gasteiger partial charge in [0.2, 0.25) is 0 Å². The smallest absolute Gasteiger partial charge is 0.259 e. The maximum Gasteiger partial charge on any atom is 0.259 e. The normalized spacial score (nSPS) is 17.5. The summed E-state index contributed by atoms with van der Waals surface area (Å²) in [5.74, 6) is -0.422. The monoisotopic (exact) mass is 344 g/mol. The second kappa shape index (κ2) is 7.51. The number of aryl methyl sites for hydroxylation is 1. The van der Waals surface area contributed by atoms with Crippen LogP contribution in [0.15, 0.2) is 41.3 Å². The Morgan fingerprint density at radius 2 is 2.08 bits per heavy atom. The Morgan fingerprint density at radius 1 is 1.32 bits per heavy atom. The number of carbonyl (C=O) groups is 1. The van der Waals surface area contributed by atoms with Crippen LogP contribution in [-0.4, -0.2) is 34.0 Å². The fourth-order valence-corrected chi connectivity index (χ4v) is 3.31. The Morgan fingerprint density at radius 3 is 2.80 bits per heavy atom. The Balaban J connectivity index is 1.61. The standard InChI is InChI=1S/C19H21FN2O3/c20-15-7-5-13(6-8-15)3-4-14-2-1-9-22(12-14)19(25)16-11-21-18(24)10-17(16)23/h5-8,10-11,14H,1-4,9,12H2,(H2,21,23,24)/t14-/m0/s1. The third-order valence-electron chi connectivity index (χ3n) is 4.69. The summed E-state index contributed by atoms with van der Waals surface area (Å²) in [6.45, 7) is 1.27. The molecule has 6 heteroatoms. The van der Waals surface area contributed by atoms with E-state index in [4.69, 9.17) is 0 Å². The molecule has 5 nitrogen and oxygen atoms in total. The van der Waals surface area contributed by atoms with Gasteiger partial charge in [-0.15, -0.1) is 0 Å². The predicted octanol–water partition coefficient (Wildman–Crippen LogP) is 2.70. The highest BCUT2D eigenvalue weighted by Gasteiger charge is 2.26. The van der Waals surface area contributed by atoms with Gasteiger partial charge in [-0.3, -0.25) is 9.59 Å². The van der Waals surface area contributed by atoms with Gasteiger partial charge in [-0.25, -0.2) is 4.39 Å². The van der Waals surface area contributed by atoms with E-state index in [0.29, 0.717) is 19.0 Å². The molecule has 2 heterocycles. The molecular weight excluding hydrogens is 323 g/mol. The SMILES string of the molecule is O=C(c1c[nH]c(=O)cc1O)N1CCC[C@@H](CCc2ccc(F)cc2)C1. The minimum Gasteiger partial charge on any atom is -0.507 e. The second-order valence-corrected chi connectivity index (χ2v) is 6.52. The molecular formula is C19H21FN2O3.